The molecule has 1 atom stereocenters. The Morgan fingerprint density at radius 2 is 2.11 bits per heavy atom. The van der Waals surface area contributed by atoms with Crippen LogP contribution in [0.1, 0.15) is 32.6 Å². The SMILES string of the molecule is CC(OC(=O)CN1CCCCCC1=O)C(=O)Nc1ccc([N+](=O)[O-])cc1Cl. The van der Waals surface area contributed by atoms with Gasteiger partial charge in [-0.25, -0.2) is 0 Å². The van der Waals surface area contributed by atoms with Crippen LogP contribution in [-0.2, 0) is 19.1 Å². The van der Waals surface area contributed by atoms with Crippen molar-refractivity contribution in [2.75, 3.05) is 18.4 Å². The molecule has 27 heavy (non-hydrogen) atoms. The molecule has 0 aromatic heterocycles. The largest absolute Gasteiger partial charge is 0.451 e. The molecule has 9 nitrogen and oxygen atoms in total. The maximum atomic E-state index is 12.2. The van der Waals surface area contributed by atoms with Gasteiger partial charge in [0, 0.05) is 25.1 Å². The minimum absolute atomic E-state index is 0.00811. The summed E-state index contributed by atoms with van der Waals surface area (Å²) in [6.45, 7) is 1.68. The minimum Gasteiger partial charge on any atom is -0.451 e. The first-order chi connectivity index (χ1) is 12.8. The molecule has 0 radical (unpaired) electrons. The van der Waals surface area contributed by atoms with E-state index in [9.17, 15) is 24.5 Å². The van der Waals surface area contributed by atoms with E-state index in [0.29, 0.717) is 13.0 Å². The zero-order valence-corrected chi connectivity index (χ0v) is 15.5. The van der Waals surface area contributed by atoms with E-state index >= 15 is 0 Å². The lowest BCUT2D eigenvalue weighted by atomic mass is 10.2. The number of benzene rings is 1. The number of anilines is 1. The first-order valence-electron chi connectivity index (χ1n) is 8.50. The van der Waals surface area contributed by atoms with Crippen LogP contribution in [0.2, 0.25) is 5.02 Å². The third kappa shape index (κ3) is 5.92. The average Bonchev–Trinajstić information content (AvgIpc) is 2.80. The van der Waals surface area contributed by atoms with Crippen LogP contribution in [-0.4, -0.2) is 46.8 Å². The van der Waals surface area contributed by atoms with Crippen LogP contribution < -0.4 is 5.32 Å². The molecule has 2 amide bonds. The van der Waals surface area contributed by atoms with Crippen molar-refractivity contribution < 1.29 is 24.0 Å². The van der Waals surface area contributed by atoms with Crippen molar-refractivity contribution in [3.05, 3.63) is 33.3 Å². The van der Waals surface area contributed by atoms with Crippen LogP contribution in [0.3, 0.4) is 0 Å². The van der Waals surface area contributed by atoms with Gasteiger partial charge >= 0.3 is 5.97 Å². The number of nitrogens with one attached hydrogen (secondary N) is 1. The molecule has 2 rings (SSSR count). The highest BCUT2D eigenvalue weighted by molar-refractivity contribution is 6.34. The molecule has 146 valence electrons. The third-order valence-corrected chi connectivity index (χ3v) is 4.40. The van der Waals surface area contributed by atoms with Gasteiger partial charge in [0.2, 0.25) is 5.91 Å². The fraction of sp³-hybridized carbons (Fsp3) is 0.471. The van der Waals surface area contributed by atoms with E-state index in [1.807, 2.05) is 0 Å². The van der Waals surface area contributed by atoms with Crippen molar-refractivity contribution in [2.24, 2.45) is 0 Å². The molecule has 1 unspecified atom stereocenters. The molecule has 10 heteroatoms. The van der Waals surface area contributed by atoms with Gasteiger partial charge in [0.05, 0.1) is 15.6 Å². The number of halogens is 1. The zero-order chi connectivity index (χ0) is 20.0. The van der Waals surface area contributed by atoms with E-state index in [1.165, 1.54) is 24.0 Å². The molecular formula is C17H20ClN3O6. The van der Waals surface area contributed by atoms with Gasteiger partial charge in [0.15, 0.2) is 6.10 Å². The normalized spacial score (nSPS) is 15.6. The first kappa shape index (κ1) is 20.6. The Balaban J connectivity index is 1.90. The molecule has 0 bridgehead atoms. The van der Waals surface area contributed by atoms with Crippen LogP contribution in [0.15, 0.2) is 18.2 Å². The van der Waals surface area contributed by atoms with E-state index < -0.39 is 22.9 Å². The highest BCUT2D eigenvalue weighted by Gasteiger charge is 2.24. The van der Waals surface area contributed by atoms with Gasteiger partial charge in [-0.2, -0.15) is 0 Å². The van der Waals surface area contributed by atoms with Gasteiger partial charge < -0.3 is 15.0 Å². The number of ether oxygens (including phenoxy) is 1. The predicted octanol–water partition coefficient (Wildman–Crippen LogP) is 2.52. The summed E-state index contributed by atoms with van der Waals surface area (Å²) in [6.07, 6.45) is 1.85. The number of hydrogen-bond donors (Lipinski definition) is 1. The molecule has 0 aliphatic carbocycles. The highest BCUT2D eigenvalue weighted by Crippen LogP contribution is 2.26. The number of non-ortho nitro benzene ring substituents is 1. The molecule has 1 heterocycles. The van der Waals surface area contributed by atoms with Gasteiger partial charge in [-0.3, -0.25) is 24.5 Å². The smallest absolute Gasteiger partial charge is 0.326 e. The lowest BCUT2D eigenvalue weighted by molar-refractivity contribution is -0.384. The quantitative estimate of drug-likeness (QED) is 0.447. The number of rotatable bonds is 6. The minimum atomic E-state index is -1.12. The van der Waals surface area contributed by atoms with Crippen molar-refractivity contribution in [1.82, 2.24) is 4.90 Å². The number of hydrogen-bond acceptors (Lipinski definition) is 6. The van der Waals surface area contributed by atoms with Crippen molar-refractivity contribution in [1.29, 1.82) is 0 Å². The number of nitro benzene ring substituents is 1. The van der Waals surface area contributed by atoms with E-state index in [1.54, 1.807) is 0 Å². The van der Waals surface area contributed by atoms with Crippen molar-refractivity contribution in [2.45, 2.75) is 38.7 Å². The summed E-state index contributed by atoms with van der Waals surface area (Å²) < 4.78 is 5.08. The summed E-state index contributed by atoms with van der Waals surface area (Å²) in [5.41, 5.74) is -0.0440. The summed E-state index contributed by atoms with van der Waals surface area (Å²) in [5, 5.41) is 13.1. The Morgan fingerprint density at radius 3 is 2.78 bits per heavy atom. The Bertz CT molecular complexity index is 754. The number of amides is 2. The van der Waals surface area contributed by atoms with Gasteiger partial charge in [0.1, 0.15) is 6.54 Å². The van der Waals surface area contributed by atoms with Crippen LogP contribution in [0.25, 0.3) is 0 Å². The van der Waals surface area contributed by atoms with Crippen LogP contribution in [0.5, 0.6) is 0 Å². The summed E-state index contributed by atoms with van der Waals surface area (Å²) in [4.78, 5) is 47.6. The molecular weight excluding hydrogens is 378 g/mol. The molecule has 1 aromatic carbocycles. The lowest BCUT2D eigenvalue weighted by Crippen LogP contribution is -2.38. The Hall–Kier alpha value is -2.68. The van der Waals surface area contributed by atoms with Crippen LogP contribution in [0.4, 0.5) is 11.4 Å². The van der Waals surface area contributed by atoms with E-state index in [-0.39, 0.29) is 28.8 Å². The first-order valence-corrected chi connectivity index (χ1v) is 8.88. The molecule has 1 aliphatic rings. The number of likely N-dealkylation sites (tertiary alicyclic amines) is 1. The topological polar surface area (TPSA) is 119 Å². The number of carbonyl (C=O) groups excluding carboxylic acids is 3. The van der Waals surface area contributed by atoms with Crippen LogP contribution in [0, 0.1) is 10.1 Å². The molecule has 1 N–H and O–H groups in total. The highest BCUT2D eigenvalue weighted by atomic mass is 35.5. The van der Waals surface area contributed by atoms with E-state index in [0.717, 1.165) is 25.3 Å². The summed E-state index contributed by atoms with van der Waals surface area (Å²) in [5.74, 6) is -1.41. The standard InChI is InChI=1S/C17H20ClN3O6/c1-11(27-16(23)10-20-8-4-2-3-5-15(20)22)17(24)19-14-7-6-12(21(25)26)9-13(14)18/h6-7,9,11H,2-5,8,10H2,1H3,(H,19,24). The molecule has 0 saturated carbocycles. The number of esters is 1. The number of carbonyl (C=O) groups is 3. The van der Waals surface area contributed by atoms with Gasteiger partial charge in [-0.15, -0.1) is 0 Å². The van der Waals surface area contributed by atoms with E-state index in [4.69, 9.17) is 16.3 Å². The molecule has 1 saturated heterocycles. The molecule has 1 aliphatic heterocycles. The average molecular weight is 398 g/mol. The zero-order valence-electron chi connectivity index (χ0n) is 14.8. The fourth-order valence-corrected chi connectivity index (χ4v) is 2.82. The maximum absolute atomic E-state index is 12.2. The maximum Gasteiger partial charge on any atom is 0.326 e. The summed E-state index contributed by atoms with van der Waals surface area (Å²) in [6, 6.07) is 3.60. The van der Waals surface area contributed by atoms with E-state index in [2.05, 4.69) is 5.32 Å². The van der Waals surface area contributed by atoms with Crippen LogP contribution >= 0.6 is 11.6 Å². The second-order valence-electron chi connectivity index (χ2n) is 6.17. The van der Waals surface area contributed by atoms with Gasteiger partial charge in [-0.05, 0) is 25.8 Å². The van der Waals surface area contributed by atoms with Crippen molar-refractivity contribution in [3.63, 3.8) is 0 Å². The predicted molar refractivity (Wildman–Crippen MR) is 97.3 cm³/mol. The Kier molecular flexibility index (Phi) is 7.12. The number of nitro groups is 1. The Morgan fingerprint density at radius 1 is 1.37 bits per heavy atom. The van der Waals surface area contributed by atoms with Gasteiger partial charge in [0.25, 0.3) is 11.6 Å². The summed E-state index contributed by atoms with van der Waals surface area (Å²) in [7, 11) is 0. The second kappa shape index (κ2) is 9.31. The molecule has 0 spiro atoms. The molecule has 1 fully saturated rings. The monoisotopic (exact) mass is 397 g/mol. The third-order valence-electron chi connectivity index (χ3n) is 4.09. The fourth-order valence-electron chi connectivity index (χ4n) is 2.60. The second-order valence-corrected chi connectivity index (χ2v) is 6.58. The number of nitrogens with zero attached hydrogens (tertiary/aromatic N) is 2. The summed E-state index contributed by atoms with van der Waals surface area (Å²) >= 11 is 5.92. The van der Waals surface area contributed by atoms with Crippen molar-refractivity contribution >= 4 is 40.8 Å². The Labute approximate surface area is 160 Å². The molecule has 1 aromatic rings. The van der Waals surface area contributed by atoms with Gasteiger partial charge in [-0.1, -0.05) is 18.0 Å². The lowest BCUT2D eigenvalue weighted by Gasteiger charge is -2.21. The van der Waals surface area contributed by atoms with Crippen molar-refractivity contribution in [3.8, 4) is 0 Å².